The second-order valence-corrected chi connectivity index (χ2v) is 9.08. The lowest BCUT2D eigenvalue weighted by Gasteiger charge is -2.29. The number of methoxy groups -OCH3 is 2. The van der Waals surface area contributed by atoms with Gasteiger partial charge in [0.1, 0.15) is 17.2 Å². The van der Waals surface area contributed by atoms with Crippen LogP contribution in [0.5, 0.6) is 17.2 Å². The molecule has 8 heteroatoms. The molecule has 2 aromatic carbocycles. The Morgan fingerprint density at radius 1 is 1.03 bits per heavy atom. The van der Waals surface area contributed by atoms with Gasteiger partial charge in [-0.2, -0.15) is 0 Å². The Balaban J connectivity index is 2.14. The van der Waals surface area contributed by atoms with E-state index < -0.39 is 23.5 Å². The Morgan fingerprint density at radius 2 is 1.69 bits per heavy atom. The van der Waals surface area contributed by atoms with E-state index in [-0.39, 0.29) is 11.7 Å². The molecule has 2 aromatic rings. The maximum Gasteiger partial charge on any atom is 0.295 e. The van der Waals surface area contributed by atoms with Gasteiger partial charge in [0.2, 0.25) is 5.78 Å². The van der Waals surface area contributed by atoms with Gasteiger partial charge in [0.05, 0.1) is 47.0 Å². The van der Waals surface area contributed by atoms with E-state index in [1.165, 1.54) is 24.0 Å². The summed E-state index contributed by atoms with van der Waals surface area (Å²) in [5.41, 5.74) is 0.756. The molecule has 1 unspecified atom stereocenters. The van der Waals surface area contributed by atoms with Gasteiger partial charge in [-0.1, -0.05) is 17.9 Å². The smallest absolute Gasteiger partial charge is 0.295 e. The molecule has 1 atom stereocenters. The number of quaternary nitrogens is 1. The Hall–Kier alpha value is -3.52. The number of rotatable bonds is 10. The van der Waals surface area contributed by atoms with Crippen molar-refractivity contribution < 1.29 is 33.8 Å². The second-order valence-electron chi connectivity index (χ2n) is 9.08. The first-order valence-corrected chi connectivity index (χ1v) is 11.7. The van der Waals surface area contributed by atoms with Crippen LogP contribution >= 0.6 is 0 Å². The SMILES string of the molecule is COc1ccc(OC)c(C2/C(=C(\[O-])c3ccc(OC(C)C)cc3)C(=O)C(=O)N2CCC[NH+](C)C)c1. The minimum atomic E-state index is -0.878. The molecule has 0 bridgehead atoms. The highest BCUT2D eigenvalue weighted by atomic mass is 16.5. The zero-order chi connectivity index (χ0) is 25.7. The number of benzene rings is 2. The van der Waals surface area contributed by atoms with E-state index in [2.05, 4.69) is 0 Å². The van der Waals surface area contributed by atoms with Gasteiger partial charge >= 0.3 is 0 Å². The first-order chi connectivity index (χ1) is 16.7. The molecule has 1 saturated heterocycles. The van der Waals surface area contributed by atoms with Crippen molar-refractivity contribution in [1.29, 1.82) is 0 Å². The minimum absolute atomic E-state index is 0.0116. The summed E-state index contributed by atoms with van der Waals surface area (Å²) in [6.07, 6.45) is 0.662. The lowest BCUT2D eigenvalue weighted by molar-refractivity contribution is -0.858. The molecular formula is C27H34N2O6. The van der Waals surface area contributed by atoms with Gasteiger partial charge in [-0.25, -0.2) is 0 Å². The third kappa shape index (κ3) is 5.77. The van der Waals surface area contributed by atoms with Crippen LogP contribution in [0.1, 0.15) is 37.4 Å². The molecule has 1 fully saturated rings. The topological polar surface area (TPSA) is 92.6 Å². The van der Waals surface area contributed by atoms with Crippen LogP contribution in [-0.2, 0) is 9.59 Å². The summed E-state index contributed by atoms with van der Waals surface area (Å²) >= 11 is 0. The van der Waals surface area contributed by atoms with Crippen molar-refractivity contribution in [3.05, 3.63) is 59.2 Å². The van der Waals surface area contributed by atoms with E-state index >= 15 is 0 Å². The summed E-state index contributed by atoms with van der Waals surface area (Å²) in [6.45, 7) is 4.96. The van der Waals surface area contributed by atoms with Gasteiger partial charge in [-0.05, 0) is 49.7 Å². The number of carbonyl (C=O) groups excluding carboxylic acids is 2. The van der Waals surface area contributed by atoms with Crippen molar-refractivity contribution >= 4 is 17.4 Å². The number of hydrogen-bond donors (Lipinski definition) is 1. The third-order valence-corrected chi connectivity index (χ3v) is 5.83. The Kier molecular flexibility index (Phi) is 8.40. The summed E-state index contributed by atoms with van der Waals surface area (Å²) in [7, 11) is 7.09. The van der Waals surface area contributed by atoms with Crippen molar-refractivity contribution in [2.45, 2.75) is 32.4 Å². The monoisotopic (exact) mass is 482 g/mol. The van der Waals surface area contributed by atoms with Gasteiger partial charge in [0.25, 0.3) is 5.91 Å². The fourth-order valence-electron chi connectivity index (χ4n) is 4.19. The van der Waals surface area contributed by atoms with E-state index in [0.717, 1.165) is 6.54 Å². The van der Waals surface area contributed by atoms with E-state index in [1.807, 2.05) is 27.9 Å². The quantitative estimate of drug-likeness (QED) is 0.311. The number of Topliss-reactive ketones (excluding diaryl/α,β-unsaturated/α-hetero) is 1. The highest BCUT2D eigenvalue weighted by Crippen LogP contribution is 2.43. The maximum absolute atomic E-state index is 13.6. The molecule has 35 heavy (non-hydrogen) atoms. The predicted octanol–water partition coefficient (Wildman–Crippen LogP) is 1.25. The molecule has 0 aliphatic carbocycles. The molecule has 3 rings (SSSR count). The Morgan fingerprint density at radius 3 is 2.26 bits per heavy atom. The number of hydrogen-bond acceptors (Lipinski definition) is 6. The molecule has 1 N–H and O–H groups in total. The second kappa shape index (κ2) is 11.3. The third-order valence-electron chi connectivity index (χ3n) is 5.83. The lowest BCUT2D eigenvalue weighted by atomic mass is 9.94. The van der Waals surface area contributed by atoms with Crippen molar-refractivity contribution in [2.24, 2.45) is 0 Å². The highest BCUT2D eigenvalue weighted by molar-refractivity contribution is 6.46. The number of amides is 1. The van der Waals surface area contributed by atoms with Crippen molar-refractivity contribution in [3.8, 4) is 17.2 Å². The molecule has 1 amide bonds. The summed E-state index contributed by atoms with van der Waals surface area (Å²) in [6, 6.07) is 10.9. The molecule has 1 aliphatic heterocycles. The zero-order valence-corrected chi connectivity index (χ0v) is 21.2. The van der Waals surface area contributed by atoms with Gasteiger partial charge < -0.3 is 29.1 Å². The predicted molar refractivity (Wildman–Crippen MR) is 130 cm³/mol. The normalized spacial score (nSPS) is 17.4. The van der Waals surface area contributed by atoms with Crippen molar-refractivity contribution in [2.75, 3.05) is 41.4 Å². The van der Waals surface area contributed by atoms with E-state index in [4.69, 9.17) is 14.2 Å². The Bertz CT molecular complexity index is 1090. The molecule has 188 valence electrons. The number of ether oxygens (including phenoxy) is 3. The summed E-state index contributed by atoms with van der Waals surface area (Å²) < 4.78 is 16.6. The molecule has 8 nitrogen and oxygen atoms in total. The number of likely N-dealkylation sites (tertiary alicyclic amines) is 1. The lowest BCUT2D eigenvalue weighted by Crippen LogP contribution is -3.05. The van der Waals surface area contributed by atoms with Crippen LogP contribution in [0.15, 0.2) is 48.0 Å². The molecule has 1 aliphatic rings. The van der Waals surface area contributed by atoms with E-state index in [1.54, 1.807) is 42.5 Å². The highest BCUT2D eigenvalue weighted by Gasteiger charge is 2.45. The largest absolute Gasteiger partial charge is 0.872 e. The van der Waals surface area contributed by atoms with Gasteiger partial charge in [-0.3, -0.25) is 9.59 Å². The van der Waals surface area contributed by atoms with Crippen molar-refractivity contribution in [1.82, 2.24) is 4.90 Å². The van der Waals surface area contributed by atoms with Gasteiger partial charge in [0.15, 0.2) is 0 Å². The fraction of sp³-hybridized carbons (Fsp3) is 0.407. The first-order valence-electron chi connectivity index (χ1n) is 11.7. The first kappa shape index (κ1) is 26.1. The number of nitrogens with zero attached hydrogens (tertiary/aromatic N) is 1. The van der Waals surface area contributed by atoms with Crippen LogP contribution in [-0.4, -0.2) is 64.1 Å². The number of carbonyl (C=O) groups is 2. The molecule has 0 radical (unpaired) electrons. The summed E-state index contributed by atoms with van der Waals surface area (Å²) in [5.74, 6) is -0.342. The number of nitrogens with one attached hydrogen (secondary N) is 1. The van der Waals surface area contributed by atoms with Crippen LogP contribution in [0.25, 0.3) is 5.76 Å². The van der Waals surface area contributed by atoms with Crippen LogP contribution < -0.4 is 24.2 Å². The maximum atomic E-state index is 13.6. The summed E-state index contributed by atoms with van der Waals surface area (Å²) in [4.78, 5) is 29.1. The number of ketones is 1. The molecular weight excluding hydrogens is 448 g/mol. The zero-order valence-electron chi connectivity index (χ0n) is 21.2. The van der Waals surface area contributed by atoms with Gasteiger partial charge in [0, 0.05) is 24.1 Å². The average molecular weight is 483 g/mol. The average Bonchev–Trinajstić information content (AvgIpc) is 3.08. The minimum Gasteiger partial charge on any atom is -0.872 e. The molecule has 0 aromatic heterocycles. The Labute approximate surface area is 206 Å². The van der Waals surface area contributed by atoms with Crippen LogP contribution in [0.3, 0.4) is 0 Å². The van der Waals surface area contributed by atoms with Crippen molar-refractivity contribution in [3.63, 3.8) is 0 Å². The van der Waals surface area contributed by atoms with E-state index in [9.17, 15) is 14.7 Å². The van der Waals surface area contributed by atoms with Crippen LogP contribution in [0.2, 0.25) is 0 Å². The molecule has 1 heterocycles. The fourth-order valence-corrected chi connectivity index (χ4v) is 4.19. The molecule has 0 spiro atoms. The van der Waals surface area contributed by atoms with Crippen LogP contribution in [0, 0.1) is 0 Å². The van der Waals surface area contributed by atoms with Crippen LogP contribution in [0.4, 0.5) is 0 Å². The molecule has 0 saturated carbocycles. The summed E-state index contributed by atoms with van der Waals surface area (Å²) in [5, 5.41) is 13.6. The van der Waals surface area contributed by atoms with E-state index in [0.29, 0.717) is 41.3 Å². The standard InChI is InChI=1S/C27H34N2O6/c1-17(2)35-19-10-8-18(9-11-19)25(30)23-24(21-16-20(33-5)12-13-22(21)34-6)29(27(32)26(23)31)15-7-14-28(3)4/h8-13,16-17,24,30H,7,14-15H2,1-6H3/b25-23+. The van der Waals surface area contributed by atoms with Gasteiger partial charge in [-0.15, -0.1) is 0 Å².